The maximum Gasteiger partial charge on any atom is 0.0186 e. The van der Waals surface area contributed by atoms with Gasteiger partial charge in [-0.3, -0.25) is 0 Å². The van der Waals surface area contributed by atoms with E-state index in [4.69, 9.17) is 0 Å². The first kappa shape index (κ1) is 15.4. The molecule has 3 unspecified atom stereocenters. The van der Waals surface area contributed by atoms with Gasteiger partial charge >= 0.3 is 0 Å². The van der Waals surface area contributed by atoms with Gasteiger partial charge in [-0.25, -0.2) is 0 Å². The predicted molar refractivity (Wildman–Crippen MR) is 80.8 cm³/mol. The smallest absolute Gasteiger partial charge is 0.0186 e. The number of nitrogens with one attached hydrogen (secondary N) is 1. The van der Waals surface area contributed by atoms with Gasteiger partial charge in [0, 0.05) is 11.8 Å². The summed E-state index contributed by atoms with van der Waals surface area (Å²) >= 11 is 2.14. The minimum absolute atomic E-state index is 0.769. The van der Waals surface area contributed by atoms with Crippen LogP contribution in [0.1, 0.15) is 59.3 Å². The van der Waals surface area contributed by atoms with E-state index in [9.17, 15) is 0 Å². The molecule has 0 spiro atoms. The van der Waals surface area contributed by atoms with E-state index in [0.717, 1.165) is 24.4 Å². The van der Waals surface area contributed by atoms with Crippen LogP contribution in [0.4, 0.5) is 0 Å². The quantitative estimate of drug-likeness (QED) is 0.650. The Morgan fingerprint density at radius 2 is 2.06 bits per heavy atom. The van der Waals surface area contributed by atoms with Crippen LogP contribution in [-0.4, -0.2) is 24.1 Å². The summed E-state index contributed by atoms with van der Waals surface area (Å²) in [5.41, 5.74) is 0. The second-order valence-electron chi connectivity index (χ2n) is 5.44. The van der Waals surface area contributed by atoms with Crippen molar-refractivity contribution in [3.05, 3.63) is 0 Å². The molecule has 1 nitrogen and oxygen atoms in total. The van der Waals surface area contributed by atoms with Crippen LogP contribution < -0.4 is 5.32 Å². The van der Waals surface area contributed by atoms with Gasteiger partial charge in [0.05, 0.1) is 0 Å². The van der Waals surface area contributed by atoms with Gasteiger partial charge in [-0.15, -0.1) is 0 Å². The van der Waals surface area contributed by atoms with Crippen molar-refractivity contribution in [3.8, 4) is 0 Å². The average molecular weight is 257 g/mol. The third kappa shape index (κ3) is 5.65. The first-order chi connectivity index (χ1) is 8.31. The Bertz CT molecular complexity index is 184. The highest BCUT2D eigenvalue weighted by atomic mass is 32.2. The molecule has 0 aromatic rings. The van der Waals surface area contributed by atoms with Crippen molar-refractivity contribution >= 4 is 11.8 Å². The van der Waals surface area contributed by atoms with E-state index >= 15 is 0 Å². The van der Waals surface area contributed by atoms with Crippen molar-refractivity contribution in [3.63, 3.8) is 0 Å². The van der Waals surface area contributed by atoms with Gasteiger partial charge in [0.1, 0.15) is 0 Å². The van der Waals surface area contributed by atoms with E-state index in [1.165, 1.54) is 50.0 Å². The fourth-order valence-electron chi connectivity index (χ4n) is 3.05. The molecular formula is C15H31NS. The second-order valence-corrected chi connectivity index (χ2v) is 6.59. The van der Waals surface area contributed by atoms with E-state index in [1.54, 1.807) is 0 Å². The lowest BCUT2D eigenvalue weighted by Crippen LogP contribution is -2.40. The summed E-state index contributed by atoms with van der Waals surface area (Å²) in [5, 5.41) is 3.74. The minimum atomic E-state index is 0.769. The largest absolute Gasteiger partial charge is 0.313 e. The molecule has 2 heteroatoms. The highest BCUT2D eigenvalue weighted by molar-refractivity contribution is 7.99. The molecule has 1 aliphatic rings. The van der Waals surface area contributed by atoms with E-state index in [2.05, 4.69) is 37.8 Å². The SMILES string of the molecule is CCCSCC(NCC)C1CCCC(CC)C1. The zero-order valence-corrected chi connectivity index (χ0v) is 12.8. The predicted octanol–water partition coefficient (Wildman–Crippen LogP) is 4.32. The third-order valence-corrected chi connectivity index (χ3v) is 5.37. The summed E-state index contributed by atoms with van der Waals surface area (Å²) in [6.07, 6.45) is 8.57. The van der Waals surface area contributed by atoms with Crippen molar-refractivity contribution in [1.82, 2.24) is 5.32 Å². The van der Waals surface area contributed by atoms with Gasteiger partial charge in [-0.1, -0.05) is 40.0 Å². The molecule has 0 amide bonds. The standard InChI is InChI=1S/C15H31NS/c1-4-10-17-12-15(16-6-3)14-9-7-8-13(5-2)11-14/h13-16H,4-12H2,1-3H3. The molecule has 17 heavy (non-hydrogen) atoms. The Labute approximate surface area is 113 Å². The maximum atomic E-state index is 3.74. The number of hydrogen-bond donors (Lipinski definition) is 1. The zero-order chi connectivity index (χ0) is 12.5. The molecule has 0 saturated heterocycles. The van der Waals surface area contributed by atoms with Crippen LogP contribution in [0, 0.1) is 11.8 Å². The molecule has 0 radical (unpaired) electrons. The van der Waals surface area contributed by atoms with E-state index < -0.39 is 0 Å². The van der Waals surface area contributed by atoms with Crippen molar-refractivity contribution in [2.75, 3.05) is 18.1 Å². The molecule has 1 fully saturated rings. The summed E-state index contributed by atoms with van der Waals surface area (Å²) < 4.78 is 0. The van der Waals surface area contributed by atoms with Gasteiger partial charge in [0.2, 0.25) is 0 Å². The Morgan fingerprint density at radius 1 is 1.24 bits per heavy atom. The average Bonchev–Trinajstić information content (AvgIpc) is 2.38. The van der Waals surface area contributed by atoms with Crippen LogP contribution in [0.3, 0.4) is 0 Å². The van der Waals surface area contributed by atoms with Crippen molar-refractivity contribution in [2.45, 2.75) is 65.3 Å². The molecule has 1 rings (SSSR count). The molecule has 0 bridgehead atoms. The molecule has 1 aliphatic carbocycles. The lowest BCUT2D eigenvalue weighted by Gasteiger charge is -2.34. The summed E-state index contributed by atoms with van der Waals surface area (Å²) in [4.78, 5) is 0. The molecule has 3 atom stereocenters. The van der Waals surface area contributed by atoms with Crippen LogP contribution in [0.25, 0.3) is 0 Å². The Hall–Kier alpha value is 0.310. The van der Waals surface area contributed by atoms with Crippen LogP contribution in [0.2, 0.25) is 0 Å². The fourth-order valence-corrected chi connectivity index (χ4v) is 4.15. The Morgan fingerprint density at radius 3 is 2.71 bits per heavy atom. The van der Waals surface area contributed by atoms with Crippen LogP contribution in [0.5, 0.6) is 0 Å². The monoisotopic (exact) mass is 257 g/mol. The maximum absolute atomic E-state index is 3.74. The van der Waals surface area contributed by atoms with Gasteiger partial charge in [-0.2, -0.15) is 11.8 Å². The Balaban J connectivity index is 2.38. The van der Waals surface area contributed by atoms with Crippen molar-refractivity contribution < 1.29 is 0 Å². The molecular weight excluding hydrogens is 226 g/mol. The van der Waals surface area contributed by atoms with E-state index in [1.807, 2.05) is 0 Å². The van der Waals surface area contributed by atoms with Crippen molar-refractivity contribution in [2.24, 2.45) is 11.8 Å². The van der Waals surface area contributed by atoms with E-state index in [-0.39, 0.29) is 0 Å². The van der Waals surface area contributed by atoms with Crippen molar-refractivity contribution in [1.29, 1.82) is 0 Å². The van der Waals surface area contributed by atoms with Gasteiger partial charge in [-0.05, 0) is 43.4 Å². The lowest BCUT2D eigenvalue weighted by molar-refractivity contribution is 0.220. The van der Waals surface area contributed by atoms with Gasteiger partial charge in [0.15, 0.2) is 0 Å². The molecule has 0 aromatic heterocycles. The van der Waals surface area contributed by atoms with Gasteiger partial charge < -0.3 is 5.32 Å². The lowest BCUT2D eigenvalue weighted by atomic mass is 9.77. The van der Waals surface area contributed by atoms with Crippen LogP contribution in [0.15, 0.2) is 0 Å². The third-order valence-electron chi connectivity index (χ3n) is 4.08. The second kappa shape index (κ2) is 9.27. The van der Waals surface area contributed by atoms with Crippen LogP contribution in [-0.2, 0) is 0 Å². The van der Waals surface area contributed by atoms with E-state index in [0.29, 0.717) is 0 Å². The summed E-state index contributed by atoms with van der Waals surface area (Å²) in [5.74, 6) is 4.60. The highest BCUT2D eigenvalue weighted by Gasteiger charge is 2.26. The number of rotatable bonds is 8. The summed E-state index contributed by atoms with van der Waals surface area (Å²) in [6.45, 7) is 8.02. The summed E-state index contributed by atoms with van der Waals surface area (Å²) in [7, 11) is 0. The normalized spacial score (nSPS) is 27.0. The molecule has 102 valence electrons. The molecule has 1 N–H and O–H groups in total. The minimum Gasteiger partial charge on any atom is -0.313 e. The first-order valence-electron chi connectivity index (χ1n) is 7.62. The topological polar surface area (TPSA) is 12.0 Å². The molecule has 1 saturated carbocycles. The molecule has 0 heterocycles. The number of thioether (sulfide) groups is 1. The zero-order valence-electron chi connectivity index (χ0n) is 12.0. The fraction of sp³-hybridized carbons (Fsp3) is 1.00. The molecule has 0 aromatic carbocycles. The van der Waals surface area contributed by atoms with Gasteiger partial charge in [0.25, 0.3) is 0 Å². The summed E-state index contributed by atoms with van der Waals surface area (Å²) in [6, 6.07) is 0.769. The van der Waals surface area contributed by atoms with Crippen LogP contribution >= 0.6 is 11.8 Å². The number of hydrogen-bond acceptors (Lipinski definition) is 2. The molecule has 0 aliphatic heterocycles. The Kier molecular flexibility index (Phi) is 8.38. The highest BCUT2D eigenvalue weighted by Crippen LogP contribution is 2.33. The first-order valence-corrected chi connectivity index (χ1v) is 8.78.